The summed E-state index contributed by atoms with van der Waals surface area (Å²) in [6, 6.07) is -0.753. The van der Waals surface area contributed by atoms with E-state index >= 15 is 0 Å². The van der Waals surface area contributed by atoms with Gasteiger partial charge in [-0.1, -0.05) is 0 Å². The third-order valence-corrected chi connectivity index (χ3v) is 3.67. The molecule has 2 unspecified atom stereocenters. The third-order valence-electron chi connectivity index (χ3n) is 3.67. The van der Waals surface area contributed by atoms with Crippen LogP contribution in [0.3, 0.4) is 0 Å². The zero-order chi connectivity index (χ0) is 14.5. The number of carboxylic acid groups (broad SMARTS) is 1. The fraction of sp³-hybridized carbons (Fsp3) is 0.846. The molecule has 2 aliphatic rings. The molecule has 0 aromatic rings. The number of hydrogen-bond acceptors (Lipinski definition) is 4. The van der Waals surface area contributed by atoms with Gasteiger partial charge in [-0.3, -0.25) is 4.79 Å². The minimum absolute atomic E-state index is 0.147. The first-order chi connectivity index (χ1) is 9.58. The van der Waals surface area contributed by atoms with Crippen molar-refractivity contribution in [1.82, 2.24) is 10.2 Å². The molecule has 7 heteroatoms. The van der Waals surface area contributed by atoms with E-state index in [0.717, 1.165) is 6.61 Å². The van der Waals surface area contributed by atoms with E-state index < -0.39 is 17.9 Å². The van der Waals surface area contributed by atoms with Gasteiger partial charge in [0.2, 0.25) is 0 Å². The molecule has 0 spiro atoms. The second-order valence-electron chi connectivity index (χ2n) is 5.48. The van der Waals surface area contributed by atoms with Gasteiger partial charge in [0, 0.05) is 20.2 Å². The summed E-state index contributed by atoms with van der Waals surface area (Å²) in [6.45, 7) is 2.16. The molecule has 1 heterocycles. The number of carboxylic acids is 1. The largest absolute Gasteiger partial charge is 0.481 e. The summed E-state index contributed by atoms with van der Waals surface area (Å²) < 4.78 is 10.6. The first-order valence-electron chi connectivity index (χ1n) is 6.98. The summed E-state index contributed by atoms with van der Waals surface area (Å²) >= 11 is 0. The number of nitrogens with one attached hydrogen (secondary N) is 1. The van der Waals surface area contributed by atoms with E-state index in [4.69, 9.17) is 14.6 Å². The average molecular weight is 286 g/mol. The number of carbonyl (C=O) groups excluding carboxylic acids is 1. The molecule has 1 aliphatic carbocycles. The summed E-state index contributed by atoms with van der Waals surface area (Å²) in [7, 11) is 1.67. The number of likely N-dealkylation sites (N-methyl/N-ethyl adjacent to an activating group) is 1. The summed E-state index contributed by atoms with van der Waals surface area (Å²) in [5, 5.41) is 11.7. The standard InChI is InChI=1S/C13H22N2O5/c1-15(4-5-19-6-9-2-3-9)13(18)14-11-8-20-7-10(11)12(16)17/h9-11H,2-8H2,1H3,(H,14,18)(H,16,17). The number of urea groups is 1. The second-order valence-corrected chi connectivity index (χ2v) is 5.48. The Balaban J connectivity index is 1.65. The molecule has 7 nitrogen and oxygen atoms in total. The maximum absolute atomic E-state index is 11.9. The molecule has 114 valence electrons. The van der Waals surface area contributed by atoms with Crippen LogP contribution in [0.15, 0.2) is 0 Å². The van der Waals surface area contributed by atoms with Crippen LogP contribution in [-0.4, -0.2) is 68.1 Å². The molecule has 2 amide bonds. The lowest BCUT2D eigenvalue weighted by molar-refractivity contribution is -0.142. The Hall–Kier alpha value is -1.34. The maximum Gasteiger partial charge on any atom is 0.317 e. The fourth-order valence-electron chi connectivity index (χ4n) is 2.05. The Morgan fingerprint density at radius 2 is 2.15 bits per heavy atom. The van der Waals surface area contributed by atoms with Gasteiger partial charge in [-0.2, -0.15) is 0 Å². The highest BCUT2D eigenvalue weighted by atomic mass is 16.5. The van der Waals surface area contributed by atoms with E-state index in [-0.39, 0.29) is 19.2 Å². The van der Waals surface area contributed by atoms with Gasteiger partial charge < -0.3 is 24.8 Å². The Labute approximate surface area is 118 Å². The molecule has 2 N–H and O–H groups in total. The van der Waals surface area contributed by atoms with Crippen molar-refractivity contribution in [3.8, 4) is 0 Å². The Bertz CT molecular complexity index is 359. The first kappa shape index (κ1) is 15.1. The van der Waals surface area contributed by atoms with Crippen LogP contribution in [-0.2, 0) is 14.3 Å². The predicted molar refractivity (Wildman–Crippen MR) is 70.4 cm³/mol. The number of nitrogens with zero attached hydrogens (tertiary/aromatic N) is 1. The van der Waals surface area contributed by atoms with Crippen molar-refractivity contribution < 1.29 is 24.2 Å². The van der Waals surface area contributed by atoms with E-state index in [2.05, 4.69) is 5.32 Å². The van der Waals surface area contributed by atoms with Crippen molar-refractivity contribution in [3.05, 3.63) is 0 Å². The number of rotatable bonds is 7. The van der Waals surface area contributed by atoms with Crippen LogP contribution < -0.4 is 5.32 Å². The molecule has 2 atom stereocenters. The first-order valence-corrected chi connectivity index (χ1v) is 6.98. The minimum Gasteiger partial charge on any atom is -0.481 e. The van der Waals surface area contributed by atoms with Crippen LogP contribution in [0.5, 0.6) is 0 Å². The Morgan fingerprint density at radius 1 is 1.40 bits per heavy atom. The van der Waals surface area contributed by atoms with Gasteiger partial charge in [0.25, 0.3) is 0 Å². The minimum atomic E-state index is -0.941. The third kappa shape index (κ3) is 4.35. The van der Waals surface area contributed by atoms with Crippen LogP contribution in [0.1, 0.15) is 12.8 Å². The SMILES string of the molecule is CN(CCOCC1CC1)C(=O)NC1COCC1C(=O)O. The van der Waals surface area contributed by atoms with Gasteiger partial charge in [0.05, 0.1) is 25.9 Å². The van der Waals surface area contributed by atoms with Gasteiger partial charge in [-0.25, -0.2) is 4.79 Å². The zero-order valence-electron chi connectivity index (χ0n) is 11.7. The van der Waals surface area contributed by atoms with E-state index in [9.17, 15) is 9.59 Å². The molecule has 2 rings (SSSR count). The quantitative estimate of drug-likeness (QED) is 0.651. The van der Waals surface area contributed by atoms with Crippen molar-refractivity contribution >= 4 is 12.0 Å². The normalized spacial score (nSPS) is 25.4. The second kappa shape index (κ2) is 6.90. The number of hydrogen-bond donors (Lipinski definition) is 2. The molecule has 1 aliphatic heterocycles. The number of amides is 2. The van der Waals surface area contributed by atoms with Crippen LogP contribution in [0.2, 0.25) is 0 Å². The van der Waals surface area contributed by atoms with E-state index in [1.54, 1.807) is 7.05 Å². The number of ether oxygens (including phenoxy) is 2. The molecule has 1 saturated carbocycles. The zero-order valence-corrected chi connectivity index (χ0v) is 11.7. The highest BCUT2D eigenvalue weighted by Gasteiger charge is 2.35. The molecule has 0 aromatic carbocycles. The lowest BCUT2D eigenvalue weighted by Gasteiger charge is -2.22. The summed E-state index contributed by atoms with van der Waals surface area (Å²) in [5.41, 5.74) is 0. The monoisotopic (exact) mass is 286 g/mol. The van der Waals surface area contributed by atoms with Gasteiger partial charge in [0.15, 0.2) is 0 Å². The maximum atomic E-state index is 11.9. The van der Waals surface area contributed by atoms with E-state index in [1.165, 1.54) is 17.7 Å². The Morgan fingerprint density at radius 3 is 2.80 bits per heavy atom. The van der Waals surface area contributed by atoms with E-state index in [0.29, 0.717) is 19.1 Å². The molecule has 0 aromatic heterocycles. The topological polar surface area (TPSA) is 88.1 Å². The molecule has 0 radical (unpaired) electrons. The fourth-order valence-corrected chi connectivity index (χ4v) is 2.05. The van der Waals surface area contributed by atoms with Gasteiger partial charge >= 0.3 is 12.0 Å². The number of carbonyl (C=O) groups is 2. The highest BCUT2D eigenvalue weighted by molar-refractivity contribution is 5.77. The molecule has 20 heavy (non-hydrogen) atoms. The summed E-state index contributed by atoms with van der Waals surface area (Å²) in [5.74, 6) is -0.900. The van der Waals surface area contributed by atoms with Crippen LogP contribution in [0, 0.1) is 11.8 Å². The smallest absolute Gasteiger partial charge is 0.317 e. The lowest BCUT2D eigenvalue weighted by atomic mass is 10.0. The number of aliphatic carboxylic acids is 1. The van der Waals surface area contributed by atoms with Crippen LogP contribution >= 0.6 is 0 Å². The van der Waals surface area contributed by atoms with E-state index in [1.807, 2.05) is 0 Å². The highest BCUT2D eigenvalue weighted by Crippen LogP contribution is 2.28. The molecular weight excluding hydrogens is 264 g/mol. The molecule has 1 saturated heterocycles. The lowest BCUT2D eigenvalue weighted by Crippen LogP contribution is -2.48. The van der Waals surface area contributed by atoms with Gasteiger partial charge in [0.1, 0.15) is 5.92 Å². The average Bonchev–Trinajstić information content (AvgIpc) is 3.11. The van der Waals surface area contributed by atoms with Gasteiger partial charge in [-0.05, 0) is 18.8 Å². The summed E-state index contributed by atoms with van der Waals surface area (Å²) in [6.07, 6.45) is 2.49. The van der Waals surface area contributed by atoms with Crippen LogP contribution in [0.25, 0.3) is 0 Å². The van der Waals surface area contributed by atoms with Gasteiger partial charge in [-0.15, -0.1) is 0 Å². The van der Waals surface area contributed by atoms with Crippen molar-refractivity contribution in [2.24, 2.45) is 11.8 Å². The Kier molecular flexibility index (Phi) is 5.19. The van der Waals surface area contributed by atoms with Crippen molar-refractivity contribution in [3.63, 3.8) is 0 Å². The van der Waals surface area contributed by atoms with Crippen molar-refractivity contribution in [1.29, 1.82) is 0 Å². The van der Waals surface area contributed by atoms with Crippen molar-refractivity contribution in [2.45, 2.75) is 18.9 Å². The predicted octanol–water partition coefficient (Wildman–Crippen LogP) is 0.154. The summed E-state index contributed by atoms with van der Waals surface area (Å²) in [4.78, 5) is 24.4. The molecule has 2 fully saturated rings. The molecular formula is C13H22N2O5. The van der Waals surface area contributed by atoms with Crippen molar-refractivity contribution in [2.75, 3.05) is 40.0 Å². The van der Waals surface area contributed by atoms with Crippen LogP contribution in [0.4, 0.5) is 4.79 Å². The molecule has 0 bridgehead atoms.